The van der Waals surface area contributed by atoms with E-state index in [0.29, 0.717) is 4.75 Å². The molecule has 6 heteroatoms. The zero-order valence-corrected chi connectivity index (χ0v) is 9.74. The van der Waals surface area contributed by atoms with Gasteiger partial charge in [0.2, 0.25) is 5.13 Å². The molecule has 0 aliphatic heterocycles. The van der Waals surface area contributed by atoms with E-state index in [0.717, 1.165) is 15.6 Å². The molecule has 1 aliphatic carbocycles. The molecule has 1 heterocycles. The van der Waals surface area contributed by atoms with Crippen LogP contribution in [0.1, 0.15) is 12.8 Å². The molecule has 0 amide bonds. The molecule has 1 aliphatic rings. The molecule has 1 aromatic heterocycles. The maximum atomic E-state index is 4.94. The van der Waals surface area contributed by atoms with Gasteiger partial charge in [-0.2, -0.15) is 11.8 Å². The lowest BCUT2D eigenvalue weighted by atomic mass is 10.4. The molecule has 0 spiro atoms. The predicted molar refractivity (Wildman–Crippen MR) is 61.3 cm³/mol. The van der Waals surface area contributed by atoms with Gasteiger partial charge in [0.25, 0.3) is 0 Å². The Labute approximate surface area is 90.3 Å². The van der Waals surface area contributed by atoms with E-state index < -0.39 is 0 Å². The third-order valence-corrected chi connectivity index (χ3v) is 4.71. The van der Waals surface area contributed by atoms with E-state index in [1.54, 1.807) is 0 Å². The van der Waals surface area contributed by atoms with Gasteiger partial charge in [-0.05, 0) is 31.3 Å². The summed E-state index contributed by atoms with van der Waals surface area (Å²) in [5, 5.41) is 11.0. The first-order valence-corrected chi connectivity index (χ1v) is 6.54. The van der Waals surface area contributed by atoms with Crippen LogP contribution in [0, 0.1) is 3.95 Å². The fraction of sp³-hybridized carbons (Fsp3) is 0.714. The van der Waals surface area contributed by atoms with Crippen LogP contribution in [0.4, 0.5) is 5.13 Å². The van der Waals surface area contributed by atoms with E-state index in [9.17, 15) is 0 Å². The van der Waals surface area contributed by atoms with Gasteiger partial charge in [0, 0.05) is 11.3 Å². The summed E-state index contributed by atoms with van der Waals surface area (Å²) in [6, 6.07) is 0. The van der Waals surface area contributed by atoms with E-state index in [1.807, 2.05) is 11.8 Å². The minimum Gasteiger partial charge on any atom is -0.359 e. The van der Waals surface area contributed by atoms with Crippen molar-refractivity contribution in [2.45, 2.75) is 17.6 Å². The van der Waals surface area contributed by atoms with Gasteiger partial charge in [0.15, 0.2) is 3.95 Å². The second-order valence-electron chi connectivity index (χ2n) is 3.16. The molecule has 13 heavy (non-hydrogen) atoms. The number of thioether (sulfide) groups is 1. The summed E-state index contributed by atoms with van der Waals surface area (Å²) in [5.74, 6) is 0. The molecule has 0 unspecified atom stereocenters. The lowest BCUT2D eigenvalue weighted by Gasteiger charge is -2.11. The zero-order valence-electron chi connectivity index (χ0n) is 7.29. The molecule has 1 fully saturated rings. The van der Waals surface area contributed by atoms with E-state index in [1.165, 1.54) is 24.2 Å². The van der Waals surface area contributed by atoms with E-state index in [2.05, 4.69) is 21.8 Å². The van der Waals surface area contributed by atoms with Crippen molar-refractivity contribution in [1.29, 1.82) is 0 Å². The van der Waals surface area contributed by atoms with E-state index >= 15 is 0 Å². The van der Waals surface area contributed by atoms with Gasteiger partial charge in [-0.3, -0.25) is 5.10 Å². The van der Waals surface area contributed by atoms with Crippen LogP contribution in [0.2, 0.25) is 0 Å². The molecule has 3 nitrogen and oxygen atoms in total. The van der Waals surface area contributed by atoms with Gasteiger partial charge in [-0.1, -0.05) is 11.3 Å². The van der Waals surface area contributed by atoms with Crippen molar-refractivity contribution >= 4 is 40.4 Å². The summed E-state index contributed by atoms with van der Waals surface area (Å²) in [4.78, 5) is 0. The molecule has 0 bridgehead atoms. The molecular weight excluding hydrogens is 222 g/mol. The topological polar surface area (TPSA) is 40.7 Å². The Morgan fingerprint density at radius 1 is 1.77 bits per heavy atom. The molecule has 1 saturated carbocycles. The highest BCUT2D eigenvalue weighted by Gasteiger charge is 2.41. The highest BCUT2D eigenvalue weighted by Crippen LogP contribution is 2.47. The van der Waals surface area contributed by atoms with Crippen molar-refractivity contribution in [3.63, 3.8) is 0 Å². The molecule has 1 aromatic rings. The molecule has 2 rings (SSSR count). The standard InChI is InChI=1S/C7H11N3S3/c1-12-7(2-3-7)4-8-5-9-10-6(11)13-5/h2-4H2,1H3,(H,8,9)(H,10,11). The van der Waals surface area contributed by atoms with Crippen LogP contribution in [0.25, 0.3) is 0 Å². The van der Waals surface area contributed by atoms with Crippen LogP contribution in [0.15, 0.2) is 0 Å². The third-order valence-electron chi connectivity index (χ3n) is 2.24. The van der Waals surface area contributed by atoms with E-state index in [4.69, 9.17) is 12.2 Å². The molecule has 0 atom stereocenters. The van der Waals surface area contributed by atoms with Crippen LogP contribution in [-0.4, -0.2) is 27.7 Å². The number of anilines is 1. The molecular formula is C7H11N3S3. The average Bonchev–Trinajstić information content (AvgIpc) is 2.81. The second-order valence-corrected chi connectivity index (χ2v) is 6.10. The summed E-state index contributed by atoms with van der Waals surface area (Å²) >= 11 is 8.38. The Morgan fingerprint density at radius 2 is 2.54 bits per heavy atom. The predicted octanol–water partition coefficient (Wildman–Crippen LogP) is 2.51. The van der Waals surface area contributed by atoms with Gasteiger partial charge in [0.05, 0.1) is 0 Å². The average molecular weight is 233 g/mol. The SMILES string of the molecule is CSC1(CNc2n[nH]c(=S)s2)CC1. The maximum Gasteiger partial charge on any atom is 0.204 e. The first-order valence-electron chi connectivity index (χ1n) is 4.09. The summed E-state index contributed by atoms with van der Waals surface area (Å²) in [6.45, 7) is 1.00. The highest BCUT2D eigenvalue weighted by atomic mass is 32.2. The number of rotatable bonds is 4. The highest BCUT2D eigenvalue weighted by molar-refractivity contribution is 8.00. The quantitative estimate of drug-likeness (QED) is 0.784. The van der Waals surface area contributed by atoms with Gasteiger partial charge >= 0.3 is 0 Å². The Morgan fingerprint density at radius 3 is 3.00 bits per heavy atom. The number of nitrogens with one attached hydrogen (secondary N) is 2. The van der Waals surface area contributed by atoms with Crippen LogP contribution in [-0.2, 0) is 0 Å². The normalized spacial score (nSPS) is 18.5. The maximum absolute atomic E-state index is 4.94. The number of aromatic amines is 1. The second kappa shape index (κ2) is 3.59. The van der Waals surface area contributed by atoms with Crippen molar-refractivity contribution in [2.24, 2.45) is 0 Å². The van der Waals surface area contributed by atoms with Crippen molar-refractivity contribution < 1.29 is 0 Å². The molecule has 72 valence electrons. The Bertz CT molecular complexity index is 339. The van der Waals surface area contributed by atoms with Crippen molar-refractivity contribution in [1.82, 2.24) is 10.2 Å². The smallest absolute Gasteiger partial charge is 0.204 e. The summed E-state index contributed by atoms with van der Waals surface area (Å²) in [7, 11) is 0. The first-order chi connectivity index (χ1) is 6.24. The zero-order chi connectivity index (χ0) is 9.31. The fourth-order valence-electron chi connectivity index (χ4n) is 1.13. The fourth-order valence-corrected chi connectivity index (χ4v) is 2.65. The minimum atomic E-state index is 0.479. The van der Waals surface area contributed by atoms with Crippen molar-refractivity contribution in [3.8, 4) is 0 Å². The van der Waals surface area contributed by atoms with Crippen LogP contribution < -0.4 is 5.32 Å². The van der Waals surface area contributed by atoms with Gasteiger partial charge in [-0.25, -0.2) is 0 Å². The number of nitrogens with zero attached hydrogens (tertiary/aromatic N) is 1. The lowest BCUT2D eigenvalue weighted by Crippen LogP contribution is -2.17. The molecule has 0 radical (unpaired) electrons. The lowest BCUT2D eigenvalue weighted by molar-refractivity contribution is 0.936. The monoisotopic (exact) mass is 233 g/mol. The molecule has 0 saturated heterocycles. The Kier molecular flexibility index (Phi) is 2.62. The van der Waals surface area contributed by atoms with Crippen LogP contribution in [0.3, 0.4) is 0 Å². The Hall–Kier alpha value is -0.0700. The summed E-state index contributed by atoms with van der Waals surface area (Å²) < 4.78 is 1.21. The summed E-state index contributed by atoms with van der Waals surface area (Å²) in [5.41, 5.74) is 0. The van der Waals surface area contributed by atoms with Crippen LogP contribution in [0.5, 0.6) is 0 Å². The summed E-state index contributed by atoms with van der Waals surface area (Å²) in [6.07, 6.45) is 4.80. The van der Waals surface area contributed by atoms with Crippen molar-refractivity contribution in [3.05, 3.63) is 3.95 Å². The van der Waals surface area contributed by atoms with Crippen molar-refractivity contribution in [2.75, 3.05) is 18.1 Å². The number of hydrogen-bond donors (Lipinski definition) is 2. The Balaban J connectivity index is 1.89. The minimum absolute atomic E-state index is 0.479. The van der Waals surface area contributed by atoms with Gasteiger partial charge in [-0.15, -0.1) is 5.10 Å². The first kappa shape index (κ1) is 9.48. The number of H-pyrrole nitrogens is 1. The third kappa shape index (κ3) is 2.24. The van der Waals surface area contributed by atoms with Crippen LogP contribution >= 0.6 is 35.3 Å². The number of aromatic nitrogens is 2. The largest absolute Gasteiger partial charge is 0.359 e. The number of hydrogen-bond acceptors (Lipinski definition) is 5. The van der Waals surface area contributed by atoms with Gasteiger partial charge in [0.1, 0.15) is 0 Å². The molecule has 0 aromatic carbocycles. The van der Waals surface area contributed by atoms with Gasteiger partial charge < -0.3 is 5.32 Å². The molecule has 2 N–H and O–H groups in total. The van der Waals surface area contributed by atoms with E-state index in [-0.39, 0.29) is 0 Å².